The first-order valence-corrected chi connectivity index (χ1v) is 9.13. The van der Waals surface area contributed by atoms with E-state index in [4.69, 9.17) is 9.47 Å². The lowest BCUT2D eigenvalue weighted by Gasteiger charge is -2.26. The van der Waals surface area contributed by atoms with Crippen LogP contribution in [0, 0.1) is 5.92 Å². The lowest BCUT2D eigenvalue weighted by Crippen LogP contribution is -2.48. The number of hydrogen-bond donors (Lipinski definition) is 2. The topological polar surface area (TPSA) is 76.7 Å². The van der Waals surface area contributed by atoms with Crippen LogP contribution in [0.25, 0.3) is 0 Å². The van der Waals surface area contributed by atoms with Crippen molar-refractivity contribution < 1.29 is 19.1 Å². The van der Waals surface area contributed by atoms with Gasteiger partial charge in [-0.3, -0.25) is 4.79 Å². The quantitative estimate of drug-likeness (QED) is 0.736. The largest absolute Gasteiger partial charge is 0.494 e. The van der Waals surface area contributed by atoms with E-state index in [9.17, 15) is 9.59 Å². The third kappa shape index (κ3) is 8.23. The SMILES string of the molecule is CCCOc1cccc(C(=O)NC[C@H](NC(=O)OC(C)(C)C)C(C)C)c1. The molecule has 146 valence electrons. The van der Waals surface area contributed by atoms with E-state index in [1.807, 2.05) is 47.6 Å². The molecule has 0 aliphatic carbocycles. The van der Waals surface area contributed by atoms with Crippen molar-refractivity contribution in [1.29, 1.82) is 0 Å². The number of benzene rings is 1. The van der Waals surface area contributed by atoms with Crippen LogP contribution in [0.2, 0.25) is 0 Å². The summed E-state index contributed by atoms with van der Waals surface area (Å²) < 4.78 is 10.8. The maximum absolute atomic E-state index is 12.4. The maximum Gasteiger partial charge on any atom is 0.407 e. The van der Waals surface area contributed by atoms with E-state index in [1.165, 1.54) is 0 Å². The summed E-state index contributed by atoms with van der Waals surface area (Å²) in [5, 5.41) is 5.69. The van der Waals surface area contributed by atoms with E-state index in [2.05, 4.69) is 10.6 Å². The Morgan fingerprint density at radius 2 is 1.88 bits per heavy atom. The molecule has 2 N–H and O–H groups in total. The summed E-state index contributed by atoms with van der Waals surface area (Å²) in [6.07, 6.45) is 0.420. The van der Waals surface area contributed by atoms with E-state index < -0.39 is 11.7 Å². The van der Waals surface area contributed by atoms with E-state index in [0.29, 0.717) is 24.5 Å². The molecule has 0 heterocycles. The summed E-state index contributed by atoms with van der Waals surface area (Å²) in [7, 11) is 0. The van der Waals surface area contributed by atoms with Crippen LogP contribution in [-0.4, -0.2) is 36.8 Å². The zero-order valence-electron chi connectivity index (χ0n) is 16.7. The molecule has 0 radical (unpaired) electrons. The molecule has 0 aliphatic rings. The molecule has 1 aromatic carbocycles. The Hall–Kier alpha value is -2.24. The highest BCUT2D eigenvalue weighted by Crippen LogP contribution is 2.14. The molecule has 1 aromatic rings. The molecule has 0 aromatic heterocycles. The average Bonchev–Trinajstić information content (AvgIpc) is 2.54. The van der Waals surface area contributed by atoms with Crippen molar-refractivity contribution in [3.63, 3.8) is 0 Å². The molecular weight excluding hydrogens is 332 g/mol. The first kappa shape index (κ1) is 21.8. The number of alkyl carbamates (subject to hydrolysis) is 1. The summed E-state index contributed by atoms with van der Waals surface area (Å²) in [6, 6.07) is 6.84. The molecule has 0 fully saturated rings. The van der Waals surface area contributed by atoms with E-state index in [1.54, 1.807) is 18.2 Å². The predicted octanol–water partition coefficient (Wildman–Crippen LogP) is 3.75. The molecule has 0 spiro atoms. The summed E-state index contributed by atoms with van der Waals surface area (Å²) in [4.78, 5) is 24.4. The van der Waals surface area contributed by atoms with Gasteiger partial charge >= 0.3 is 6.09 Å². The molecule has 0 saturated carbocycles. The molecule has 2 amide bonds. The second-order valence-corrected chi connectivity index (χ2v) is 7.58. The zero-order valence-corrected chi connectivity index (χ0v) is 16.7. The van der Waals surface area contributed by atoms with Crippen LogP contribution in [0.3, 0.4) is 0 Å². The molecule has 0 aliphatic heterocycles. The molecule has 0 bridgehead atoms. The van der Waals surface area contributed by atoms with Crippen molar-refractivity contribution in [3.05, 3.63) is 29.8 Å². The normalized spacial score (nSPS) is 12.4. The summed E-state index contributed by atoms with van der Waals surface area (Å²) >= 11 is 0. The number of carbonyl (C=O) groups excluding carboxylic acids is 2. The Labute approximate surface area is 156 Å². The number of amides is 2. The highest BCUT2D eigenvalue weighted by molar-refractivity contribution is 5.94. The minimum atomic E-state index is -0.562. The summed E-state index contributed by atoms with van der Waals surface area (Å²) in [5.74, 6) is 0.609. The molecule has 1 atom stereocenters. The summed E-state index contributed by atoms with van der Waals surface area (Å²) in [6.45, 7) is 12.3. The smallest absolute Gasteiger partial charge is 0.407 e. The lowest BCUT2D eigenvalue weighted by molar-refractivity contribution is 0.0487. The van der Waals surface area contributed by atoms with Crippen LogP contribution in [-0.2, 0) is 4.74 Å². The number of nitrogens with one attached hydrogen (secondary N) is 2. The minimum absolute atomic E-state index is 0.141. The maximum atomic E-state index is 12.4. The van der Waals surface area contributed by atoms with Crippen molar-refractivity contribution >= 4 is 12.0 Å². The van der Waals surface area contributed by atoms with E-state index in [-0.39, 0.29) is 17.9 Å². The van der Waals surface area contributed by atoms with Gasteiger partial charge in [-0.2, -0.15) is 0 Å². The lowest BCUT2D eigenvalue weighted by atomic mass is 10.0. The first-order chi connectivity index (χ1) is 12.1. The Morgan fingerprint density at radius 3 is 2.46 bits per heavy atom. The van der Waals surface area contributed by atoms with Crippen LogP contribution in [0.4, 0.5) is 4.79 Å². The van der Waals surface area contributed by atoms with Gasteiger partial charge < -0.3 is 20.1 Å². The van der Waals surface area contributed by atoms with Crippen molar-refractivity contribution in [2.45, 2.75) is 59.6 Å². The van der Waals surface area contributed by atoms with Crippen LogP contribution < -0.4 is 15.4 Å². The average molecular weight is 364 g/mol. The predicted molar refractivity (Wildman–Crippen MR) is 103 cm³/mol. The number of carbonyl (C=O) groups is 2. The van der Waals surface area contributed by atoms with Gasteiger partial charge in [-0.05, 0) is 51.3 Å². The van der Waals surface area contributed by atoms with Gasteiger partial charge in [0.05, 0.1) is 12.6 Å². The standard InChI is InChI=1S/C20H32N2O4/c1-7-11-25-16-10-8-9-15(12-16)18(23)21-13-17(14(2)3)22-19(24)26-20(4,5)6/h8-10,12,14,17H,7,11,13H2,1-6H3,(H,21,23)(H,22,24)/t17-/m0/s1. The Morgan fingerprint density at radius 1 is 1.19 bits per heavy atom. The Bertz CT molecular complexity index is 594. The zero-order chi connectivity index (χ0) is 19.7. The van der Waals surface area contributed by atoms with Crippen molar-refractivity contribution in [2.75, 3.05) is 13.2 Å². The second-order valence-electron chi connectivity index (χ2n) is 7.58. The fourth-order valence-electron chi connectivity index (χ4n) is 2.16. The van der Waals surface area contributed by atoms with Gasteiger partial charge in [0.1, 0.15) is 11.4 Å². The molecule has 0 unspecified atom stereocenters. The monoisotopic (exact) mass is 364 g/mol. The number of ether oxygens (including phenoxy) is 2. The molecular formula is C20H32N2O4. The van der Waals surface area contributed by atoms with Gasteiger partial charge in [0.15, 0.2) is 0 Å². The van der Waals surface area contributed by atoms with Crippen molar-refractivity contribution in [3.8, 4) is 5.75 Å². The number of rotatable bonds is 8. The highest BCUT2D eigenvalue weighted by Gasteiger charge is 2.22. The molecule has 26 heavy (non-hydrogen) atoms. The van der Waals surface area contributed by atoms with Crippen LogP contribution in [0.15, 0.2) is 24.3 Å². The van der Waals surface area contributed by atoms with Gasteiger partial charge in [-0.15, -0.1) is 0 Å². The van der Waals surface area contributed by atoms with E-state index >= 15 is 0 Å². The second kappa shape index (κ2) is 10.0. The first-order valence-electron chi connectivity index (χ1n) is 9.13. The highest BCUT2D eigenvalue weighted by atomic mass is 16.6. The van der Waals surface area contributed by atoms with Crippen LogP contribution >= 0.6 is 0 Å². The molecule has 6 nitrogen and oxygen atoms in total. The van der Waals surface area contributed by atoms with Gasteiger partial charge in [-0.25, -0.2) is 4.79 Å². The number of hydrogen-bond acceptors (Lipinski definition) is 4. The minimum Gasteiger partial charge on any atom is -0.494 e. The fourth-order valence-corrected chi connectivity index (χ4v) is 2.16. The van der Waals surface area contributed by atoms with Crippen molar-refractivity contribution in [2.24, 2.45) is 5.92 Å². The Kier molecular flexibility index (Phi) is 8.42. The summed E-state index contributed by atoms with van der Waals surface area (Å²) in [5.41, 5.74) is -0.0354. The molecule has 0 saturated heterocycles. The van der Waals surface area contributed by atoms with Gasteiger partial charge in [-0.1, -0.05) is 26.8 Å². The van der Waals surface area contributed by atoms with Gasteiger partial charge in [0.25, 0.3) is 5.91 Å². The third-order valence-electron chi connectivity index (χ3n) is 3.56. The van der Waals surface area contributed by atoms with Crippen LogP contribution in [0.5, 0.6) is 5.75 Å². The molecule has 1 rings (SSSR count). The van der Waals surface area contributed by atoms with E-state index in [0.717, 1.165) is 6.42 Å². The fraction of sp³-hybridized carbons (Fsp3) is 0.600. The van der Waals surface area contributed by atoms with Crippen molar-refractivity contribution in [1.82, 2.24) is 10.6 Å². The third-order valence-corrected chi connectivity index (χ3v) is 3.56. The van der Waals surface area contributed by atoms with Gasteiger partial charge in [0, 0.05) is 12.1 Å². The molecule has 6 heteroatoms. The van der Waals surface area contributed by atoms with Gasteiger partial charge in [0.2, 0.25) is 0 Å². The Balaban J connectivity index is 2.63. The van der Waals surface area contributed by atoms with Crippen LogP contribution in [0.1, 0.15) is 58.3 Å².